The summed E-state index contributed by atoms with van der Waals surface area (Å²) in [5, 5.41) is 11.1. The fourth-order valence-electron chi connectivity index (χ4n) is 2.12. The van der Waals surface area contributed by atoms with Gasteiger partial charge in [0.2, 0.25) is 0 Å². The number of hydrogen-bond donors (Lipinski definition) is 2. The van der Waals surface area contributed by atoms with Crippen LogP contribution in [0.5, 0.6) is 0 Å². The molecule has 0 spiro atoms. The van der Waals surface area contributed by atoms with E-state index in [-0.39, 0.29) is 12.8 Å². The number of urea groups is 1. The van der Waals surface area contributed by atoms with Crippen LogP contribution in [0.3, 0.4) is 0 Å². The molecule has 6 heteroatoms. The fraction of sp³-hybridized carbons (Fsp3) is 0.357. The highest BCUT2D eigenvalue weighted by atomic mass is 16.4. The first-order valence-corrected chi connectivity index (χ1v) is 6.48. The summed E-state index contributed by atoms with van der Waals surface area (Å²) in [6.07, 6.45) is 0.824. The van der Waals surface area contributed by atoms with Gasteiger partial charge >= 0.3 is 12.0 Å². The molecule has 1 atom stereocenters. The van der Waals surface area contributed by atoms with Gasteiger partial charge in [-0.2, -0.15) is 0 Å². The number of rotatable bonds is 5. The van der Waals surface area contributed by atoms with Crippen molar-refractivity contribution in [2.24, 2.45) is 0 Å². The van der Waals surface area contributed by atoms with Crippen molar-refractivity contribution >= 4 is 23.6 Å². The van der Waals surface area contributed by atoms with Gasteiger partial charge in [0.1, 0.15) is 6.04 Å². The van der Waals surface area contributed by atoms with Crippen molar-refractivity contribution < 1.29 is 19.5 Å². The maximum Gasteiger partial charge on any atom is 0.329 e. The molecule has 1 aliphatic rings. The van der Waals surface area contributed by atoms with Gasteiger partial charge in [0.15, 0.2) is 0 Å². The molecule has 6 nitrogen and oxygen atoms in total. The van der Waals surface area contributed by atoms with Crippen LogP contribution in [0.25, 0.3) is 0 Å². The third-order valence-electron chi connectivity index (χ3n) is 3.27. The second kappa shape index (κ2) is 5.73. The standard InChI is InChI=1S/C14H16N2O4/c1-2-9-3-5-10(6-4-9)16-13(19)11(15-14(16)20)7-8-12(17)18/h3-6,11H,2,7-8H2,1H3,(H,15,20)(H,17,18)/t11-/m0/s1. The van der Waals surface area contributed by atoms with Crippen LogP contribution in [0.4, 0.5) is 10.5 Å². The zero-order chi connectivity index (χ0) is 14.7. The van der Waals surface area contributed by atoms with Gasteiger partial charge in [0.05, 0.1) is 5.69 Å². The molecular formula is C14H16N2O4. The molecule has 0 bridgehead atoms. The quantitative estimate of drug-likeness (QED) is 0.799. The van der Waals surface area contributed by atoms with Gasteiger partial charge in [-0.05, 0) is 30.5 Å². The molecule has 2 rings (SSSR count). The molecule has 0 aliphatic carbocycles. The molecule has 0 aromatic heterocycles. The number of carboxylic acids is 1. The molecule has 1 heterocycles. The molecule has 1 aliphatic heterocycles. The van der Waals surface area contributed by atoms with Crippen LogP contribution in [-0.4, -0.2) is 29.1 Å². The minimum atomic E-state index is -0.988. The molecular weight excluding hydrogens is 260 g/mol. The number of carboxylic acid groups (broad SMARTS) is 1. The van der Waals surface area contributed by atoms with Crippen molar-refractivity contribution in [2.45, 2.75) is 32.2 Å². The Hall–Kier alpha value is -2.37. The number of carbonyl (C=O) groups is 3. The monoisotopic (exact) mass is 276 g/mol. The second-order valence-corrected chi connectivity index (χ2v) is 4.63. The average Bonchev–Trinajstić information content (AvgIpc) is 2.71. The number of anilines is 1. The number of nitrogens with zero attached hydrogens (tertiary/aromatic N) is 1. The maximum atomic E-state index is 12.1. The van der Waals surface area contributed by atoms with E-state index in [0.29, 0.717) is 5.69 Å². The summed E-state index contributed by atoms with van der Waals surface area (Å²) in [4.78, 5) is 35.6. The number of aliphatic carboxylic acids is 1. The van der Waals surface area contributed by atoms with E-state index in [1.807, 2.05) is 19.1 Å². The number of amides is 3. The summed E-state index contributed by atoms with van der Waals surface area (Å²) >= 11 is 0. The van der Waals surface area contributed by atoms with E-state index in [9.17, 15) is 14.4 Å². The predicted molar refractivity (Wildman–Crippen MR) is 72.5 cm³/mol. The minimum Gasteiger partial charge on any atom is -0.481 e. The van der Waals surface area contributed by atoms with Gasteiger partial charge < -0.3 is 10.4 Å². The lowest BCUT2D eigenvalue weighted by Gasteiger charge is -2.13. The number of hydrogen-bond acceptors (Lipinski definition) is 3. The molecule has 3 amide bonds. The SMILES string of the molecule is CCc1ccc(N2C(=O)N[C@@H](CCC(=O)O)C2=O)cc1. The number of nitrogens with one attached hydrogen (secondary N) is 1. The number of aryl methyl sites for hydroxylation is 1. The van der Waals surface area contributed by atoms with Crippen LogP contribution in [0, 0.1) is 0 Å². The van der Waals surface area contributed by atoms with Crippen LogP contribution in [0.15, 0.2) is 24.3 Å². The Bertz CT molecular complexity index is 539. The van der Waals surface area contributed by atoms with Crippen molar-refractivity contribution in [2.75, 3.05) is 4.90 Å². The first kappa shape index (κ1) is 14.0. The lowest BCUT2D eigenvalue weighted by atomic mass is 10.1. The molecule has 1 fully saturated rings. The molecule has 106 valence electrons. The molecule has 20 heavy (non-hydrogen) atoms. The Morgan fingerprint density at radius 1 is 1.30 bits per heavy atom. The molecule has 0 unspecified atom stereocenters. The van der Waals surface area contributed by atoms with E-state index in [1.54, 1.807) is 12.1 Å². The van der Waals surface area contributed by atoms with E-state index in [4.69, 9.17) is 5.11 Å². The first-order chi connectivity index (χ1) is 9.52. The lowest BCUT2D eigenvalue weighted by Crippen LogP contribution is -2.31. The van der Waals surface area contributed by atoms with Crippen molar-refractivity contribution in [3.63, 3.8) is 0 Å². The average molecular weight is 276 g/mol. The summed E-state index contributed by atoms with van der Waals surface area (Å²) in [5.74, 6) is -1.39. The van der Waals surface area contributed by atoms with Crippen molar-refractivity contribution in [1.82, 2.24) is 5.32 Å². The van der Waals surface area contributed by atoms with Crippen molar-refractivity contribution in [3.8, 4) is 0 Å². The van der Waals surface area contributed by atoms with Gasteiger partial charge in [-0.25, -0.2) is 9.69 Å². The molecule has 1 aromatic rings. The topological polar surface area (TPSA) is 86.7 Å². The summed E-state index contributed by atoms with van der Waals surface area (Å²) in [7, 11) is 0. The highest BCUT2D eigenvalue weighted by molar-refractivity contribution is 6.21. The molecule has 1 saturated heterocycles. The van der Waals surface area contributed by atoms with Crippen LogP contribution in [-0.2, 0) is 16.0 Å². The Balaban J connectivity index is 2.13. The highest BCUT2D eigenvalue weighted by Crippen LogP contribution is 2.21. The van der Waals surface area contributed by atoms with Gasteiger partial charge in [-0.3, -0.25) is 9.59 Å². The fourth-order valence-corrected chi connectivity index (χ4v) is 2.12. The van der Waals surface area contributed by atoms with Crippen LogP contribution in [0.2, 0.25) is 0 Å². The van der Waals surface area contributed by atoms with E-state index >= 15 is 0 Å². The third-order valence-corrected chi connectivity index (χ3v) is 3.27. The maximum absolute atomic E-state index is 12.1. The zero-order valence-electron chi connectivity index (χ0n) is 11.1. The van der Waals surface area contributed by atoms with E-state index < -0.39 is 23.9 Å². The first-order valence-electron chi connectivity index (χ1n) is 6.48. The number of carbonyl (C=O) groups excluding carboxylic acids is 2. The van der Waals surface area contributed by atoms with E-state index in [2.05, 4.69) is 5.32 Å². The summed E-state index contributed by atoms with van der Waals surface area (Å²) in [6, 6.07) is 5.89. The van der Waals surface area contributed by atoms with Crippen LogP contribution < -0.4 is 10.2 Å². The van der Waals surface area contributed by atoms with Gasteiger partial charge in [0.25, 0.3) is 5.91 Å². The summed E-state index contributed by atoms with van der Waals surface area (Å²) in [5.41, 5.74) is 1.62. The zero-order valence-corrected chi connectivity index (χ0v) is 11.1. The van der Waals surface area contributed by atoms with Crippen LogP contribution >= 0.6 is 0 Å². The van der Waals surface area contributed by atoms with Gasteiger partial charge in [-0.1, -0.05) is 19.1 Å². The number of benzene rings is 1. The van der Waals surface area contributed by atoms with Crippen LogP contribution in [0.1, 0.15) is 25.3 Å². The highest BCUT2D eigenvalue weighted by Gasteiger charge is 2.38. The Morgan fingerprint density at radius 2 is 1.95 bits per heavy atom. The Labute approximate surface area is 116 Å². The molecule has 0 radical (unpaired) electrons. The third kappa shape index (κ3) is 2.79. The van der Waals surface area contributed by atoms with Crippen molar-refractivity contribution in [1.29, 1.82) is 0 Å². The number of imide groups is 1. The largest absolute Gasteiger partial charge is 0.481 e. The van der Waals surface area contributed by atoms with E-state index in [0.717, 1.165) is 16.9 Å². The molecule has 2 N–H and O–H groups in total. The predicted octanol–water partition coefficient (Wildman–Crippen LogP) is 1.54. The lowest BCUT2D eigenvalue weighted by molar-refractivity contribution is -0.137. The van der Waals surface area contributed by atoms with Gasteiger partial charge in [0, 0.05) is 6.42 Å². The molecule has 1 aromatic carbocycles. The Kier molecular flexibility index (Phi) is 4.02. The van der Waals surface area contributed by atoms with Gasteiger partial charge in [-0.15, -0.1) is 0 Å². The summed E-state index contributed by atoms with van der Waals surface area (Å²) in [6.45, 7) is 2.02. The summed E-state index contributed by atoms with van der Waals surface area (Å²) < 4.78 is 0. The minimum absolute atomic E-state index is 0.101. The smallest absolute Gasteiger partial charge is 0.329 e. The van der Waals surface area contributed by atoms with E-state index in [1.165, 1.54) is 0 Å². The molecule has 0 saturated carbocycles. The normalized spacial score (nSPS) is 18.2. The Morgan fingerprint density at radius 3 is 2.50 bits per heavy atom. The second-order valence-electron chi connectivity index (χ2n) is 4.63. The van der Waals surface area contributed by atoms with Crippen molar-refractivity contribution in [3.05, 3.63) is 29.8 Å².